The molecule has 2 unspecified atom stereocenters. The molecule has 0 saturated heterocycles. The number of phenols is 1. The molecule has 0 spiro atoms. The van der Waals surface area contributed by atoms with Crippen LogP contribution in [0.15, 0.2) is 137 Å². The van der Waals surface area contributed by atoms with Crippen LogP contribution >= 0.6 is 58.2 Å². The minimum absolute atomic E-state index is 0.0536. The Morgan fingerprint density at radius 3 is 1.85 bits per heavy atom. The third-order valence-corrected chi connectivity index (χ3v) is 17.6. The number of nitrogens with zero attached hydrogens (tertiary/aromatic N) is 9. The average molecular weight is 1460 g/mol. The lowest BCUT2D eigenvalue weighted by Crippen LogP contribution is -2.39. The largest absolute Gasteiger partial charge is 0.506 e. The number of aromatic nitrogens is 10. The Bertz CT molecular complexity index is 4370. The van der Waals surface area contributed by atoms with Gasteiger partial charge >= 0.3 is 11.9 Å². The highest BCUT2D eigenvalue weighted by Crippen LogP contribution is 2.39. The molecule has 10 aromatic rings. The van der Waals surface area contributed by atoms with Gasteiger partial charge in [0.25, 0.3) is 11.8 Å². The number of fused-ring (bicyclic) bond motifs is 3. The molecule has 5 N–H and O–H groups in total. The fourth-order valence-corrected chi connectivity index (χ4v) is 11.2. The monoisotopic (exact) mass is 1460 g/mol. The van der Waals surface area contributed by atoms with Gasteiger partial charge in [-0.25, -0.2) is 19.0 Å². The highest BCUT2D eigenvalue weighted by Gasteiger charge is 2.38. The predicted molar refractivity (Wildman–Crippen MR) is 397 cm³/mol. The summed E-state index contributed by atoms with van der Waals surface area (Å²) in [5.41, 5.74) is 5.68. The molecule has 0 aliphatic heterocycles. The van der Waals surface area contributed by atoms with Crippen molar-refractivity contribution in [3.63, 3.8) is 0 Å². The molecule has 3 amide bonds. The number of Topliss-reactive ketones (excluding diaryl/α,β-unsaturated/α-hetero) is 1. The molecule has 0 aliphatic carbocycles. The number of amides is 3. The van der Waals surface area contributed by atoms with Crippen LogP contribution in [0.25, 0.3) is 32.8 Å². The van der Waals surface area contributed by atoms with Gasteiger partial charge in [0.15, 0.2) is 17.9 Å². The standard InChI is InChI=1S/C25H38ClNO5.C20H21ClN4O2.C20H17N5O2S.C6H3Cl2N3.C2H6/c1-4-6-7-8-9-10-11-12-13-14-17-31-24(29)19(3)32-25(30)20-15-16-21(26)22(18-20)27-23(28)5-2;1-12-9-10-13(21)15(11-12)22-19(27)17(18(26)20(2,3)4)25-16-8-6-5-7-14(16)23-24-25;1-12-7-3-6-10-16(12)21-19(27)15-11-17(28-20-22-23-24-25(20)2)13-8-4-5-9-14(13)18(15)26;7-3-1-5-6(2-4(3)8)10-11-9-5;1-2/h15-16,18-19H,4-14,17H2,1-3H3,(H,27,28);5-11,17H,1-4H3,(H,22,27);3-11,26H,1-2H3,(H,21,27);1-2H,(H,9,10,11);1-2H3. The minimum Gasteiger partial charge on any atom is -0.506 e. The van der Waals surface area contributed by atoms with Gasteiger partial charge in [-0.3, -0.25) is 19.2 Å². The number of benzene rings is 7. The Labute approximate surface area is 606 Å². The lowest BCUT2D eigenvalue weighted by atomic mass is 9.86. The van der Waals surface area contributed by atoms with E-state index in [1.165, 1.54) is 86.5 Å². The van der Waals surface area contributed by atoms with Crippen molar-refractivity contribution in [2.75, 3.05) is 22.6 Å². The molecule has 7 aromatic carbocycles. The zero-order valence-electron chi connectivity index (χ0n) is 57.9. The number of unbranched alkanes of at least 4 members (excludes halogenated alkanes) is 9. The molecule has 530 valence electrons. The van der Waals surface area contributed by atoms with E-state index in [0.29, 0.717) is 65.3 Å². The quantitative estimate of drug-likeness (QED) is 0.0213. The van der Waals surface area contributed by atoms with Crippen LogP contribution in [-0.2, 0) is 35.7 Å². The van der Waals surface area contributed by atoms with E-state index < -0.39 is 35.4 Å². The second-order valence-electron chi connectivity index (χ2n) is 23.9. The van der Waals surface area contributed by atoms with Crippen molar-refractivity contribution in [1.29, 1.82) is 0 Å². The van der Waals surface area contributed by atoms with Gasteiger partial charge in [0.2, 0.25) is 11.1 Å². The van der Waals surface area contributed by atoms with E-state index in [1.807, 2.05) is 88.4 Å². The third-order valence-electron chi connectivity index (χ3n) is 15.1. The molecule has 27 heteroatoms. The minimum atomic E-state index is -1.16. The van der Waals surface area contributed by atoms with Crippen molar-refractivity contribution in [2.24, 2.45) is 12.5 Å². The molecule has 0 aliphatic rings. The van der Waals surface area contributed by atoms with Crippen LogP contribution in [0.3, 0.4) is 0 Å². The summed E-state index contributed by atoms with van der Waals surface area (Å²) in [6.45, 7) is 18.9. The summed E-state index contributed by atoms with van der Waals surface area (Å²) in [6, 6.07) is 35.7. The van der Waals surface area contributed by atoms with E-state index in [9.17, 15) is 33.9 Å². The molecular weight excluding hydrogens is 1380 g/mol. The number of hydrogen-bond donors (Lipinski definition) is 5. The highest BCUT2D eigenvalue weighted by atomic mass is 35.5. The van der Waals surface area contributed by atoms with Crippen LogP contribution in [0, 0.1) is 19.3 Å². The number of carbonyl (C=O) groups excluding carboxylic acids is 6. The molecule has 0 bridgehead atoms. The van der Waals surface area contributed by atoms with E-state index in [1.54, 1.807) is 88.0 Å². The number of nitrogens with one attached hydrogen (secondary N) is 4. The Morgan fingerprint density at radius 1 is 0.640 bits per heavy atom. The van der Waals surface area contributed by atoms with Crippen molar-refractivity contribution in [1.82, 2.24) is 50.6 Å². The lowest BCUT2D eigenvalue weighted by Gasteiger charge is -2.24. The van der Waals surface area contributed by atoms with Crippen LogP contribution in [-0.4, -0.2) is 104 Å². The number of halogens is 4. The van der Waals surface area contributed by atoms with Crippen LogP contribution < -0.4 is 16.0 Å². The third kappa shape index (κ3) is 23.3. The summed E-state index contributed by atoms with van der Waals surface area (Å²) in [5, 5.41) is 52.5. The van der Waals surface area contributed by atoms with Gasteiger partial charge in [0, 0.05) is 34.9 Å². The number of ether oxygens (including phenoxy) is 2. The maximum Gasteiger partial charge on any atom is 0.347 e. The summed E-state index contributed by atoms with van der Waals surface area (Å²) in [6.07, 6.45) is 11.3. The number of tetrazole rings is 1. The van der Waals surface area contributed by atoms with Crippen LogP contribution in [0.4, 0.5) is 17.1 Å². The lowest BCUT2D eigenvalue weighted by molar-refractivity contribution is -0.153. The van der Waals surface area contributed by atoms with Crippen molar-refractivity contribution in [3.8, 4) is 5.75 Å². The van der Waals surface area contributed by atoms with Crippen molar-refractivity contribution in [2.45, 2.75) is 162 Å². The number of aryl methyl sites for hydroxylation is 3. The summed E-state index contributed by atoms with van der Waals surface area (Å²) in [4.78, 5) is 76.0. The number of para-hydroxylation sites is 2. The molecule has 3 heterocycles. The van der Waals surface area contributed by atoms with E-state index in [4.69, 9.17) is 55.9 Å². The van der Waals surface area contributed by atoms with Gasteiger partial charge in [0.05, 0.1) is 54.7 Å². The fraction of sp³-hybridized carbons (Fsp3) is 0.356. The van der Waals surface area contributed by atoms with Gasteiger partial charge in [-0.1, -0.05) is 219 Å². The van der Waals surface area contributed by atoms with Gasteiger partial charge in [0.1, 0.15) is 22.3 Å². The van der Waals surface area contributed by atoms with Gasteiger partial charge < -0.3 is 30.5 Å². The molecule has 0 saturated carbocycles. The zero-order valence-corrected chi connectivity index (χ0v) is 61.8. The number of ketones is 1. The first-order valence-electron chi connectivity index (χ1n) is 32.9. The highest BCUT2D eigenvalue weighted by molar-refractivity contribution is 7.99. The Balaban J connectivity index is 0.000000217. The van der Waals surface area contributed by atoms with Crippen molar-refractivity contribution >= 4 is 144 Å². The number of H-pyrrole nitrogens is 1. The normalized spacial score (nSPS) is 11.5. The van der Waals surface area contributed by atoms with E-state index in [-0.39, 0.29) is 40.9 Å². The second-order valence-corrected chi connectivity index (χ2v) is 26.5. The van der Waals surface area contributed by atoms with Gasteiger partial charge in [-0.2, -0.15) is 15.4 Å². The topological polar surface area (TPSA) is 293 Å². The smallest absolute Gasteiger partial charge is 0.347 e. The zero-order chi connectivity index (χ0) is 73.1. The number of phenolic OH excluding ortho intramolecular Hbond substituents is 1. The van der Waals surface area contributed by atoms with Crippen LogP contribution in [0.1, 0.15) is 164 Å². The van der Waals surface area contributed by atoms with Crippen molar-refractivity contribution in [3.05, 3.63) is 170 Å². The Kier molecular flexibility index (Phi) is 31.8. The maximum atomic E-state index is 13.1. The van der Waals surface area contributed by atoms with Crippen LogP contribution in [0.2, 0.25) is 20.1 Å². The molecule has 0 fully saturated rings. The number of esters is 2. The molecule has 2 atom stereocenters. The summed E-state index contributed by atoms with van der Waals surface area (Å²) in [7, 11) is 1.75. The molecule has 22 nitrogen and oxygen atoms in total. The van der Waals surface area contributed by atoms with E-state index >= 15 is 0 Å². The first-order chi connectivity index (χ1) is 47.9. The molecule has 0 radical (unpaired) electrons. The van der Waals surface area contributed by atoms with Gasteiger partial charge in [-0.05, 0) is 133 Å². The van der Waals surface area contributed by atoms with E-state index in [0.717, 1.165) is 51.7 Å². The summed E-state index contributed by atoms with van der Waals surface area (Å²) in [5.74, 6) is -2.67. The summed E-state index contributed by atoms with van der Waals surface area (Å²) < 4.78 is 13.4. The molecule has 10 rings (SSSR count). The van der Waals surface area contributed by atoms with Gasteiger partial charge in [-0.15, -0.1) is 10.2 Å². The molecule has 3 aromatic heterocycles. The Hall–Kier alpha value is -9.00. The SMILES string of the molecule is CC.CCCCCCCCCCCCOC(=O)C(C)OC(=O)c1ccc(Cl)c(NC(=O)CC)c1.Cc1ccc(Cl)c(NC(=O)C(C(=O)C(C)(C)C)n2nnc3ccccc32)c1.Cc1ccccc1NC(=O)c1cc(Sc2nnnn2C)c2ccccc2c1O.Clc1cc2n[nH]nc2cc1Cl. The number of hydrogen-bond acceptors (Lipinski definition) is 17. The fourth-order valence-electron chi connectivity index (χ4n) is 9.64. The number of rotatable bonds is 24. The Morgan fingerprint density at radius 2 is 1.23 bits per heavy atom. The van der Waals surface area contributed by atoms with E-state index in [2.05, 4.69) is 64.1 Å². The second kappa shape index (κ2) is 39.7. The van der Waals surface area contributed by atoms with Crippen molar-refractivity contribution < 1.29 is 43.3 Å². The number of aromatic amines is 1. The molecule has 100 heavy (non-hydrogen) atoms. The maximum absolute atomic E-state index is 13.1. The molecular formula is C73H85Cl4N13O9S. The number of carbonyl (C=O) groups is 6. The predicted octanol–water partition coefficient (Wildman–Crippen LogP) is 18.0. The first-order valence-corrected chi connectivity index (χ1v) is 35.3. The first kappa shape index (κ1) is 80.0. The summed E-state index contributed by atoms with van der Waals surface area (Å²) >= 11 is 25.1. The number of aromatic hydroxyl groups is 1. The average Bonchev–Trinajstić information content (AvgIpc) is 1.12. The van der Waals surface area contributed by atoms with Crippen LogP contribution in [0.5, 0.6) is 5.75 Å². The number of anilines is 3.